The third-order valence-corrected chi connectivity index (χ3v) is 3.02. The molecule has 5 nitrogen and oxygen atoms in total. The molecule has 0 aliphatic rings. The summed E-state index contributed by atoms with van der Waals surface area (Å²) >= 11 is 4.76. The molecule has 0 aromatic rings. The summed E-state index contributed by atoms with van der Waals surface area (Å²) in [4.78, 5) is 15.7. The minimum atomic E-state index is 0.0678. The van der Waals surface area contributed by atoms with Gasteiger partial charge in [0.1, 0.15) is 0 Å². The van der Waals surface area contributed by atoms with Crippen LogP contribution in [0.5, 0.6) is 0 Å². The molecule has 0 aliphatic carbocycles. The molecule has 6 heteroatoms. The summed E-state index contributed by atoms with van der Waals surface area (Å²) in [5.41, 5.74) is 5.38. The smallest absolute Gasteiger partial charge is 0.223 e. The highest BCUT2D eigenvalue weighted by Gasteiger charge is 2.12. The third kappa shape index (κ3) is 7.25. The van der Waals surface area contributed by atoms with E-state index in [0.29, 0.717) is 30.9 Å². The summed E-state index contributed by atoms with van der Waals surface area (Å²) in [5.74, 6) is 0.0678. The van der Waals surface area contributed by atoms with Crippen molar-refractivity contribution >= 4 is 23.1 Å². The van der Waals surface area contributed by atoms with E-state index in [1.165, 1.54) is 0 Å². The Morgan fingerprint density at radius 2 is 1.94 bits per heavy atom. The van der Waals surface area contributed by atoms with Gasteiger partial charge in [-0.15, -0.1) is 0 Å². The number of nitrogens with two attached hydrogens (primary N) is 1. The molecule has 0 radical (unpaired) electrons. The highest BCUT2D eigenvalue weighted by molar-refractivity contribution is 7.80. The molecule has 1 unspecified atom stereocenters. The van der Waals surface area contributed by atoms with Gasteiger partial charge in [0.15, 0.2) is 0 Å². The van der Waals surface area contributed by atoms with Crippen LogP contribution in [0.15, 0.2) is 0 Å². The van der Waals surface area contributed by atoms with E-state index in [1.54, 1.807) is 11.9 Å². The lowest BCUT2D eigenvalue weighted by atomic mass is 10.2. The molecule has 0 bridgehead atoms. The number of hydrogen-bond acceptors (Lipinski definition) is 4. The topological polar surface area (TPSA) is 69.8 Å². The van der Waals surface area contributed by atoms with Crippen molar-refractivity contribution in [1.82, 2.24) is 9.80 Å². The summed E-state index contributed by atoms with van der Waals surface area (Å²) in [7, 11) is 3.64. The SMILES string of the molecule is CC(CO)N(C)CCC(=O)N(C)CCC(N)=S. The second kappa shape index (κ2) is 8.38. The number of rotatable bonds is 8. The van der Waals surface area contributed by atoms with Gasteiger partial charge in [-0.1, -0.05) is 12.2 Å². The maximum atomic E-state index is 11.7. The van der Waals surface area contributed by atoms with Crippen molar-refractivity contribution in [3.63, 3.8) is 0 Å². The predicted octanol–water partition coefficient (Wildman–Crippen LogP) is -0.176. The first-order valence-corrected chi connectivity index (χ1v) is 6.12. The number of hydrogen-bond donors (Lipinski definition) is 2. The number of aliphatic hydroxyl groups is 1. The van der Waals surface area contributed by atoms with Crippen molar-refractivity contribution in [3.8, 4) is 0 Å². The van der Waals surface area contributed by atoms with Crippen LogP contribution < -0.4 is 5.73 Å². The summed E-state index contributed by atoms with van der Waals surface area (Å²) in [5, 5.41) is 8.96. The highest BCUT2D eigenvalue weighted by atomic mass is 32.1. The average Bonchev–Trinajstić information content (AvgIpc) is 2.31. The van der Waals surface area contributed by atoms with Crippen LogP contribution in [0.25, 0.3) is 0 Å². The molecular formula is C11H23N3O2S. The van der Waals surface area contributed by atoms with Crippen LogP contribution in [0.4, 0.5) is 0 Å². The van der Waals surface area contributed by atoms with E-state index in [-0.39, 0.29) is 18.6 Å². The van der Waals surface area contributed by atoms with Crippen molar-refractivity contribution in [2.24, 2.45) is 5.73 Å². The molecule has 0 fully saturated rings. The largest absolute Gasteiger partial charge is 0.395 e. The normalized spacial score (nSPS) is 12.5. The first-order valence-electron chi connectivity index (χ1n) is 5.71. The molecule has 17 heavy (non-hydrogen) atoms. The van der Waals surface area contributed by atoms with Crippen molar-refractivity contribution in [1.29, 1.82) is 0 Å². The fourth-order valence-electron chi connectivity index (χ4n) is 1.23. The van der Waals surface area contributed by atoms with Gasteiger partial charge in [0.2, 0.25) is 5.91 Å². The van der Waals surface area contributed by atoms with Gasteiger partial charge in [0.05, 0.1) is 11.6 Å². The molecule has 100 valence electrons. The maximum Gasteiger partial charge on any atom is 0.223 e. The minimum absolute atomic E-state index is 0.0678. The molecule has 0 spiro atoms. The molecular weight excluding hydrogens is 238 g/mol. The molecule has 0 saturated heterocycles. The van der Waals surface area contributed by atoms with Gasteiger partial charge in [0.25, 0.3) is 0 Å². The predicted molar refractivity (Wildman–Crippen MR) is 72.8 cm³/mol. The highest BCUT2D eigenvalue weighted by Crippen LogP contribution is 1.99. The molecule has 0 heterocycles. The summed E-state index contributed by atoms with van der Waals surface area (Å²) < 4.78 is 0. The molecule has 1 amide bonds. The van der Waals surface area contributed by atoms with Crippen LogP contribution in [0.3, 0.4) is 0 Å². The zero-order valence-corrected chi connectivity index (χ0v) is 11.7. The molecule has 0 aliphatic heterocycles. The summed E-state index contributed by atoms with van der Waals surface area (Å²) in [6.07, 6.45) is 0.995. The van der Waals surface area contributed by atoms with Gasteiger partial charge in [-0.2, -0.15) is 0 Å². The molecule has 0 aromatic heterocycles. The van der Waals surface area contributed by atoms with E-state index in [0.717, 1.165) is 0 Å². The zero-order chi connectivity index (χ0) is 13.4. The lowest BCUT2D eigenvalue weighted by Gasteiger charge is -2.24. The molecule has 0 aromatic carbocycles. The molecule has 1 atom stereocenters. The quantitative estimate of drug-likeness (QED) is 0.593. The number of likely N-dealkylation sites (N-methyl/N-ethyl adjacent to an activating group) is 1. The number of carbonyl (C=O) groups excluding carboxylic acids is 1. The van der Waals surface area contributed by atoms with Crippen molar-refractivity contribution in [2.75, 3.05) is 33.8 Å². The Morgan fingerprint density at radius 1 is 1.35 bits per heavy atom. The van der Waals surface area contributed by atoms with Crippen molar-refractivity contribution < 1.29 is 9.90 Å². The van der Waals surface area contributed by atoms with E-state index < -0.39 is 0 Å². The van der Waals surface area contributed by atoms with Crippen LogP contribution >= 0.6 is 12.2 Å². The van der Waals surface area contributed by atoms with E-state index in [2.05, 4.69) is 0 Å². The van der Waals surface area contributed by atoms with Gasteiger partial charge in [-0.3, -0.25) is 4.79 Å². The van der Waals surface area contributed by atoms with Crippen LogP contribution in [-0.2, 0) is 4.79 Å². The first kappa shape index (κ1) is 16.3. The van der Waals surface area contributed by atoms with Gasteiger partial charge < -0.3 is 20.6 Å². The second-order valence-electron chi connectivity index (χ2n) is 4.29. The van der Waals surface area contributed by atoms with Crippen LogP contribution in [-0.4, -0.2) is 65.6 Å². The zero-order valence-electron chi connectivity index (χ0n) is 10.8. The van der Waals surface area contributed by atoms with Crippen molar-refractivity contribution in [3.05, 3.63) is 0 Å². The van der Waals surface area contributed by atoms with E-state index in [1.807, 2.05) is 18.9 Å². The number of amides is 1. The van der Waals surface area contributed by atoms with Gasteiger partial charge >= 0.3 is 0 Å². The first-order chi connectivity index (χ1) is 7.88. The lowest BCUT2D eigenvalue weighted by molar-refractivity contribution is -0.130. The summed E-state index contributed by atoms with van der Waals surface area (Å²) in [6, 6.07) is 0.0738. The fourth-order valence-corrected chi connectivity index (χ4v) is 1.32. The van der Waals surface area contributed by atoms with E-state index >= 15 is 0 Å². The number of aliphatic hydroxyl groups excluding tert-OH is 1. The van der Waals surface area contributed by atoms with Gasteiger partial charge in [-0.25, -0.2) is 0 Å². The monoisotopic (exact) mass is 261 g/mol. The molecule has 3 N–H and O–H groups in total. The second-order valence-corrected chi connectivity index (χ2v) is 4.82. The Hall–Kier alpha value is -0.720. The molecule has 0 rings (SSSR count). The Morgan fingerprint density at radius 3 is 2.41 bits per heavy atom. The Balaban J connectivity index is 3.88. The number of thiocarbonyl (C=S) groups is 1. The van der Waals surface area contributed by atoms with Crippen LogP contribution in [0.1, 0.15) is 19.8 Å². The van der Waals surface area contributed by atoms with Gasteiger partial charge in [0, 0.05) is 39.0 Å². The van der Waals surface area contributed by atoms with Crippen LogP contribution in [0.2, 0.25) is 0 Å². The Bertz CT molecular complexity index is 261. The van der Waals surface area contributed by atoms with Crippen LogP contribution in [0, 0.1) is 0 Å². The standard InChI is InChI=1S/C11H23N3O2S/c1-9(8-15)13(2)7-5-11(16)14(3)6-4-10(12)17/h9,15H,4-8H2,1-3H3,(H2,12,17). The van der Waals surface area contributed by atoms with Crippen molar-refractivity contribution in [2.45, 2.75) is 25.8 Å². The Labute approximate surface area is 109 Å². The number of carbonyl (C=O) groups is 1. The molecule has 0 saturated carbocycles. The fraction of sp³-hybridized carbons (Fsp3) is 0.818. The van der Waals surface area contributed by atoms with Gasteiger partial charge in [-0.05, 0) is 14.0 Å². The van der Waals surface area contributed by atoms with E-state index in [4.69, 9.17) is 23.1 Å². The Kier molecular flexibility index (Phi) is 8.03. The summed E-state index contributed by atoms with van der Waals surface area (Å²) in [6.45, 7) is 3.22. The minimum Gasteiger partial charge on any atom is -0.395 e. The average molecular weight is 261 g/mol. The van der Waals surface area contributed by atoms with E-state index in [9.17, 15) is 4.79 Å². The third-order valence-electron chi connectivity index (χ3n) is 2.81. The maximum absolute atomic E-state index is 11.7. The number of nitrogens with zero attached hydrogens (tertiary/aromatic N) is 2. The lowest BCUT2D eigenvalue weighted by Crippen LogP contribution is -2.36.